The Morgan fingerprint density at radius 3 is 2.52 bits per heavy atom. The van der Waals surface area contributed by atoms with E-state index >= 15 is 0 Å². The highest BCUT2D eigenvalue weighted by molar-refractivity contribution is 7.91. The van der Waals surface area contributed by atoms with Gasteiger partial charge in [0.1, 0.15) is 12.4 Å². The summed E-state index contributed by atoms with van der Waals surface area (Å²) in [6.45, 7) is 7.60. The number of para-hydroxylation sites is 1. The van der Waals surface area contributed by atoms with Crippen molar-refractivity contribution in [1.29, 1.82) is 0 Å². The molecule has 1 amide bonds. The van der Waals surface area contributed by atoms with Crippen molar-refractivity contribution in [3.8, 4) is 5.75 Å². The molecule has 1 atom stereocenters. The number of piperazine rings is 1. The second-order valence-corrected chi connectivity index (χ2v) is 10.3. The Balaban J connectivity index is 1.39. The fourth-order valence-corrected chi connectivity index (χ4v) is 5.88. The number of hydrogen-bond acceptors (Lipinski definition) is 6. The van der Waals surface area contributed by atoms with E-state index in [-0.39, 0.29) is 23.5 Å². The van der Waals surface area contributed by atoms with Gasteiger partial charge in [-0.2, -0.15) is 0 Å². The number of sulfone groups is 1. The van der Waals surface area contributed by atoms with Crippen molar-refractivity contribution in [1.82, 2.24) is 14.7 Å². The zero-order chi connectivity index (χ0) is 20.9. The Hall–Kier alpha value is -1.35. The van der Waals surface area contributed by atoms with Crippen molar-refractivity contribution in [2.45, 2.75) is 19.4 Å². The summed E-state index contributed by atoms with van der Waals surface area (Å²) in [6, 6.07) is 7.29. The maximum absolute atomic E-state index is 12.7. The zero-order valence-corrected chi connectivity index (χ0v) is 18.5. The van der Waals surface area contributed by atoms with Crippen LogP contribution in [0.3, 0.4) is 0 Å². The number of carbonyl (C=O) groups is 1. The molecular formula is C20H30ClN3O4S. The van der Waals surface area contributed by atoms with E-state index in [1.54, 1.807) is 4.90 Å². The molecular weight excluding hydrogens is 414 g/mol. The molecule has 0 aliphatic carbocycles. The lowest BCUT2D eigenvalue weighted by molar-refractivity contribution is -0.134. The molecule has 2 aliphatic heterocycles. The van der Waals surface area contributed by atoms with Gasteiger partial charge in [-0.15, -0.1) is 0 Å². The second-order valence-electron chi connectivity index (χ2n) is 7.63. The SMILES string of the molecule is CCN(C(=O)CN1CCN(CCOc2ccccc2Cl)CC1)C1CCS(=O)(=O)C1. The van der Waals surface area contributed by atoms with Gasteiger partial charge in [0.25, 0.3) is 0 Å². The number of amides is 1. The first-order valence-corrected chi connectivity index (χ1v) is 12.4. The number of hydrogen-bond donors (Lipinski definition) is 0. The van der Waals surface area contributed by atoms with E-state index in [1.165, 1.54) is 0 Å². The van der Waals surface area contributed by atoms with E-state index in [1.807, 2.05) is 31.2 Å². The normalized spacial score (nSPS) is 22.5. The first-order valence-electron chi connectivity index (χ1n) is 10.2. The average Bonchev–Trinajstić information content (AvgIpc) is 3.04. The van der Waals surface area contributed by atoms with Gasteiger partial charge in [-0.05, 0) is 25.5 Å². The molecule has 2 fully saturated rings. The van der Waals surface area contributed by atoms with Gasteiger partial charge in [0, 0.05) is 45.3 Å². The van der Waals surface area contributed by atoms with Crippen LogP contribution in [0.15, 0.2) is 24.3 Å². The van der Waals surface area contributed by atoms with Gasteiger partial charge in [-0.3, -0.25) is 14.6 Å². The molecule has 1 unspecified atom stereocenters. The quantitative estimate of drug-likeness (QED) is 0.604. The molecule has 2 aliphatic rings. The highest BCUT2D eigenvalue weighted by Gasteiger charge is 2.34. The van der Waals surface area contributed by atoms with Crippen LogP contribution in [0.5, 0.6) is 5.75 Å². The van der Waals surface area contributed by atoms with Crippen LogP contribution in [0.25, 0.3) is 0 Å². The number of ether oxygens (including phenoxy) is 1. The van der Waals surface area contributed by atoms with Crippen LogP contribution >= 0.6 is 11.6 Å². The number of carbonyl (C=O) groups excluding carboxylic acids is 1. The number of halogens is 1. The van der Waals surface area contributed by atoms with Crippen LogP contribution in [0.1, 0.15) is 13.3 Å². The van der Waals surface area contributed by atoms with E-state index in [0.29, 0.717) is 36.9 Å². The monoisotopic (exact) mass is 443 g/mol. The smallest absolute Gasteiger partial charge is 0.237 e. The Morgan fingerprint density at radius 2 is 1.90 bits per heavy atom. The molecule has 0 bridgehead atoms. The summed E-state index contributed by atoms with van der Waals surface area (Å²) < 4.78 is 29.2. The molecule has 7 nitrogen and oxygen atoms in total. The highest BCUT2D eigenvalue weighted by atomic mass is 35.5. The third-order valence-electron chi connectivity index (χ3n) is 5.64. The van der Waals surface area contributed by atoms with Crippen molar-refractivity contribution >= 4 is 27.3 Å². The van der Waals surface area contributed by atoms with E-state index < -0.39 is 9.84 Å². The molecule has 0 N–H and O–H groups in total. The Morgan fingerprint density at radius 1 is 1.21 bits per heavy atom. The third-order valence-corrected chi connectivity index (χ3v) is 7.70. The average molecular weight is 444 g/mol. The van der Waals surface area contributed by atoms with Crippen LogP contribution in [0.4, 0.5) is 0 Å². The van der Waals surface area contributed by atoms with Crippen LogP contribution in [-0.4, -0.2) is 99.0 Å². The minimum atomic E-state index is -2.99. The molecule has 0 radical (unpaired) electrons. The van der Waals surface area contributed by atoms with Gasteiger partial charge in [-0.25, -0.2) is 8.42 Å². The zero-order valence-electron chi connectivity index (χ0n) is 16.9. The fourth-order valence-electron chi connectivity index (χ4n) is 3.96. The molecule has 9 heteroatoms. The van der Waals surface area contributed by atoms with Crippen molar-refractivity contribution in [2.75, 3.05) is 63.9 Å². The maximum Gasteiger partial charge on any atom is 0.237 e. The summed E-state index contributed by atoms with van der Waals surface area (Å²) in [4.78, 5) is 18.9. The Bertz CT molecular complexity index is 797. The lowest BCUT2D eigenvalue weighted by Gasteiger charge is -2.36. The molecule has 1 aromatic carbocycles. The highest BCUT2D eigenvalue weighted by Crippen LogP contribution is 2.23. The number of rotatable bonds is 8. The van der Waals surface area contributed by atoms with E-state index in [2.05, 4.69) is 9.80 Å². The lowest BCUT2D eigenvalue weighted by Crippen LogP contribution is -2.52. The largest absolute Gasteiger partial charge is 0.491 e. The molecule has 0 aromatic heterocycles. The minimum Gasteiger partial charge on any atom is -0.491 e. The topological polar surface area (TPSA) is 70.2 Å². The first kappa shape index (κ1) is 22.3. The van der Waals surface area contributed by atoms with Crippen molar-refractivity contribution in [3.63, 3.8) is 0 Å². The van der Waals surface area contributed by atoms with Gasteiger partial charge >= 0.3 is 0 Å². The molecule has 2 saturated heterocycles. The third kappa shape index (κ3) is 6.31. The summed E-state index contributed by atoms with van der Waals surface area (Å²) in [7, 11) is -2.99. The molecule has 1 aromatic rings. The summed E-state index contributed by atoms with van der Waals surface area (Å²) in [6.07, 6.45) is 0.557. The van der Waals surface area contributed by atoms with Crippen molar-refractivity contribution in [3.05, 3.63) is 29.3 Å². The minimum absolute atomic E-state index is 0.0325. The molecule has 0 spiro atoms. The van der Waals surface area contributed by atoms with Gasteiger partial charge < -0.3 is 9.64 Å². The van der Waals surface area contributed by atoms with E-state index in [4.69, 9.17) is 16.3 Å². The number of likely N-dealkylation sites (N-methyl/N-ethyl adjacent to an activating group) is 1. The summed E-state index contributed by atoms with van der Waals surface area (Å²) in [5.74, 6) is 1.03. The molecule has 3 rings (SSSR count). The molecule has 2 heterocycles. The van der Waals surface area contributed by atoms with Crippen LogP contribution in [0.2, 0.25) is 5.02 Å². The standard InChI is InChI=1S/C20H30ClN3O4S/c1-2-24(17-7-14-29(26,27)16-17)20(25)15-23-10-8-22(9-11-23)12-13-28-19-6-4-3-5-18(19)21/h3-6,17H,2,7-16H2,1H3. The van der Waals surface area contributed by atoms with Gasteiger partial charge in [-0.1, -0.05) is 23.7 Å². The molecule has 29 heavy (non-hydrogen) atoms. The second kappa shape index (κ2) is 10.1. The van der Waals surface area contributed by atoms with E-state index in [0.717, 1.165) is 32.7 Å². The molecule has 0 saturated carbocycles. The number of benzene rings is 1. The van der Waals surface area contributed by atoms with Crippen LogP contribution in [-0.2, 0) is 14.6 Å². The summed E-state index contributed by atoms with van der Waals surface area (Å²) >= 11 is 6.10. The van der Waals surface area contributed by atoms with Crippen molar-refractivity contribution < 1.29 is 17.9 Å². The van der Waals surface area contributed by atoms with E-state index in [9.17, 15) is 13.2 Å². The lowest BCUT2D eigenvalue weighted by atomic mass is 10.2. The van der Waals surface area contributed by atoms with Gasteiger partial charge in [0.2, 0.25) is 5.91 Å². The predicted molar refractivity (Wildman–Crippen MR) is 114 cm³/mol. The predicted octanol–water partition coefficient (Wildman–Crippen LogP) is 1.37. The molecule has 162 valence electrons. The number of nitrogens with zero attached hydrogens (tertiary/aromatic N) is 3. The van der Waals surface area contributed by atoms with Crippen LogP contribution < -0.4 is 4.74 Å². The Labute approximate surface area is 178 Å². The Kier molecular flexibility index (Phi) is 7.79. The summed E-state index contributed by atoms with van der Waals surface area (Å²) in [5, 5.41) is 0.617. The van der Waals surface area contributed by atoms with Crippen molar-refractivity contribution in [2.24, 2.45) is 0 Å². The van der Waals surface area contributed by atoms with Gasteiger partial charge in [0.05, 0.1) is 23.1 Å². The maximum atomic E-state index is 12.7. The first-order chi connectivity index (χ1) is 13.9. The summed E-state index contributed by atoms with van der Waals surface area (Å²) in [5.41, 5.74) is 0. The van der Waals surface area contributed by atoms with Gasteiger partial charge in [0.15, 0.2) is 9.84 Å². The van der Waals surface area contributed by atoms with Crippen LogP contribution in [0, 0.1) is 0 Å². The fraction of sp³-hybridized carbons (Fsp3) is 0.650.